The third-order valence-corrected chi connectivity index (χ3v) is 4.31. The van der Waals surface area contributed by atoms with E-state index in [4.69, 9.17) is 10.5 Å². The Morgan fingerprint density at radius 1 is 1.50 bits per heavy atom. The average molecular weight is 295 g/mol. The Kier molecular flexibility index (Phi) is 4.33. The standard InChI is InChI=1S/C12H17N5O2S/c1-8(20(3)18)7-17-12(14-15-16-17)10-6-9(19-2)4-5-11(10)13/h4-6,8H,7,13H2,1-3H3. The Bertz CT molecular complexity index is 628. The van der Waals surface area contributed by atoms with Crippen LogP contribution < -0.4 is 10.5 Å². The number of anilines is 1. The molecule has 0 aliphatic rings. The predicted octanol–water partition coefficient (Wildman–Crippen LogP) is 0.698. The highest BCUT2D eigenvalue weighted by Crippen LogP contribution is 2.28. The molecule has 7 nitrogen and oxygen atoms in total. The molecule has 0 amide bonds. The molecule has 2 rings (SSSR count). The molecule has 2 aromatic rings. The van der Waals surface area contributed by atoms with Crippen LogP contribution in [0, 0.1) is 0 Å². The predicted molar refractivity (Wildman–Crippen MR) is 77.7 cm³/mol. The minimum absolute atomic E-state index is 0.0518. The number of aromatic nitrogens is 4. The second kappa shape index (κ2) is 6.00. The molecular formula is C12H17N5O2S. The molecule has 0 spiro atoms. The summed E-state index contributed by atoms with van der Waals surface area (Å²) in [5, 5.41) is 11.6. The molecule has 0 aliphatic carbocycles. The molecule has 8 heteroatoms. The SMILES string of the molecule is COc1ccc(N)c(-c2nnnn2CC(C)S(C)=O)c1. The monoisotopic (exact) mass is 295 g/mol. The van der Waals surface area contributed by atoms with Gasteiger partial charge >= 0.3 is 0 Å². The fraction of sp³-hybridized carbons (Fsp3) is 0.417. The number of hydrogen-bond donors (Lipinski definition) is 1. The molecular weight excluding hydrogens is 278 g/mol. The molecule has 1 aromatic heterocycles. The van der Waals surface area contributed by atoms with E-state index in [1.807, 2.05) is 6.92 Å². The smallest absolute Gasteiger partial charge is 0.184 e. The Morgan fingerprint density at radius 3 is 2.90 bits per heavy atom. The van der Waals surface area contributed by atoms with Gasteiger partial charge in [0.15, 0.2) is 5.82 Å². The van der Waals surface area contributed by atoms with Crippen molar-refractivity contribution in [3.63, 3.8) is 0 Å². The van der Waals surface area contributed by atoms with Crippen molar-refractivity contribution in [3.8, 4) is 17.1 Å². The number of tetrazole rings is 1. The van der Waals surface area contributed by atoms with Gasteiger partial charge in [-0.1, -0.05) is 0 Å². The van der Waals surface area contributed by atoms with E-state index in [-0.39, 0.29) is 5.25 Å². The highest BCUT2D eigenvalue weighted by atomic mass is 32.2. The molecule has 20 heavy (non-hydrogen) atoms. The molecule has 0 fully saturated rings. The van der Waals surface area contributed by atoms with Crippen LogP contribution in [0.4, 0.5) is 5.69 Å². The molecule has 2 N–H and O–H groups in total. The third-order valence-electron chi connectivity index (χ3n) is 3.03. The number of nitrogen functional groups attached to an aromatic ring is 1. The zero-order valence-electron chi connectivity index (χ0n) is 11.6. The van der Waals surface area contributed by atoms with Gasteiger partial charge in [0.05, 0.1) is 18.9 Å². The van der Waals surface area contributed by atoms with Gasteiger partial charge in [-0.05, 0) is 35.5 Å². The summed E-state index contributed by atoms with van der Waals surface area (Å²) >= 11 is 0. The summed E-state index contributed by atoms with van der Waals surface area (Å²) in [5.74, 6) is 1.22. The number of ether oxygens (including phenoxy) is 1. The summed E-state index contributed by atoms with van der Waals surface area (Å²) in [6.45, 7) is 2.35. The molecule has 1 heterocycles. The van der Waals surface area contributed by atoms with E-state index in [0.717, 1.165) is 0 Å². The molecule has 0 bridgehead atoms. The minimum atomic E-state index is -0.943. The van der Waals surface area contributed by atoms with Crippen LogP contribution in [-0.2, 0) is 17.3 Å². The molecule has 0 saturated carbocycles. The van der Waals surface area contributed by atoms with E-state index in [0.29, 0.717) is 29.4 Å². The van der Waals surface area contributed by atoms with Gasteiger partial charge in [0, 0.05) is 28.3 Å². The molecule has 0 radical (unpaired) electrons. The Balaban J connectivity index is 2.39. The summed E-state index contributed by atoms with van der Waals surface area (Å²) in [5.41, 5.74) is 7.23. The van der Waals surface area contributed by atoms with Crippen molar-refractivity contribution in [2.24, 2.45) is 0 Å². The molecule has 2 atom stereocenters. The third kappa shape index (κ3) is 2.96. The van der Waals surface area contributed by atoms with E-state index in [1.54, 1.807) is 36.2 Å². The van der Waals surface area contributed by atoms with Crippen LogP contribution in [0.25, 0.3) is 11.4 Å². The maximum Gasteiger partial charge on any atom is 0.184 e. The van der Waals surface area contributed by atoms with Gasteiger partial charge < -0.3 is 10.5 Å². The van der Waals surface area contributed by atoms with E-state index >= 15 is 0 Å². The van der Waals surface area contributed by atoms with Gasteiger partial charge in [0.2, 0.25) is 0 Å². The first kappa shape index (κ1) is 14.4. The quantitative estimate of drug-likeness (QED) is 0.816. The van der Waals surface area contributed by atoms with Crippen molar-refractivity contribution in [3.05, 3.63) is 18.2 Å². The summed E-state index contributed by atoms with van der Waals surface area (Å²) < 4.78 is 18.3. The van der Waals surface area contributed by atoms with Crippen molar-refractivity contribution in [2.45, 2.75) is 18.7 Å². The maximum absolute atomic E-state index is 11.5. The normalized spacial score (nSPS) is 13.9. The summed E-state index contributed by atoms with van der Waals surface area (Å²) in [7, 11) is 0.641. The van der Waals surface area contributed by atoms with Gasteiger partial charge in [-0.3, -0.25) is 4.21 Å². The largest absolute Gasteiger partial charge is 0.497 e. The van der Waals surface area contributed by atoms with E-state index < -0.39 is 10.8 Å². The van der Waals surface area contributed by atoms with Crippen LogP contribution in [0.15, 0.2) is 18.2 Å². The first-order chi connectivity index (χ1) is 9.52. The first-order valence-corrected chi connectivity index (χ1v) is 7.67. The number of hydrogen-bond acceptors (Lipinski definition) is 6. The van der Waals surface area contributed by atoms with Crippen LogP contribution in [0.2, 0.25) is 0 Å². The number of rotatable bonds is 5. The average Bonchev–Trinajstić information content (AvgIpc) is 2.87. The molecule has 0 saturated heterocycles. The van der Waals surface area contributed by atoms with E-state index in [2.05, 4.69) is 15.5 Å². The van der Waals surface area contributed by atoms with Gasteiger partial charge in [-0.2, -0.15) is 0 Å². The Labute approximate surface area is 119 Å². The Morgan fingerprint density at radius 2 is 2.25 bits per heavy atom. The van der Waals surface area contributed by atoms with Crippen LogP contribution in [0.1, 0.15) is 6.92 Å². The lowest BCUT2D eigenvalue weighted by Gasteiger charge is -2.11. The zero-order valence-corrected chi connectivity index (χ0v) is 12.4. The van der Waals surface area contributed by atoms with Crippen molar-refractivity contribution in [1.29, 1.82) is 0 Å². The van der Waals surface area contributed by atoms with E-state index in [1.165, 1.54) is 0 Å². The van der Waals surface area contributed by atoms with Gasteiger partial charge in [-0.25, -0.2) is 4.68 Å². The highest BCUT2D eigenvalue weighted by Gasteiger charge is 2.16. The molecule has 1 aromatic carbocycles. The van der Waals surface area contributed by atoms with Gasteiger partial charge in [0.1, 0.15) is 5.75 Å². The van der Waals surface area contributed by atoms with Crippen molar-refractivity contribution in [1.82, 2.24) is 20.2 Å². The van der Waals surface area contributed by atoms with Crippen molar-refractivity contribution < 1.29 is 8.95 Å². The van der Waals surface area contributed by atoms with Gasteiger partial charge in [-0.15, -0.1) is 5.10 Å². The topological polar surface area (TPSA) is 95.9 Å². The van der Waals surface area contributed by atoms with Crippen LogP contribution >= 0.6 is 0 Å². The zero-order chi connectivity index (χ0) is 14.7. The number of methoxy groups -OCH3 is 1. The number of nitrogens with two attached hydrogens (primary N) is 1. The van der Waals surface area contributed by atoms with Crippen molar-refractivity contribution >= 4 is 16.5 Å². The lowest BCUT2D eigenvalue weighted by atomic mass is 10.1. The van der Waals surface area contributed by atoms with E-state index in [9.17, 15) is 4.21 Å². The molecule has 0 aliphatic heterocycles. The second-order valence-corrected chi connectivity index (χ2v) is 6.25. The second-order valence-electron chi connectivity index (χ2n) is 4.45. The molecule has 108 valence electrons. The summed E-state index contributed by atoms with van der Waals surface area (Å²) in [6, 6.07) is 5.30. The van der Waals surface area contributed by atoms with Crippen LogP contribution in [0.3, 0.4) is 0 Å². The number of nitrogens with zero attached hydrogens (tertiary/aromatic N) is 4. The maximum atomic E-state index is 11.5. The Hall–Kier alpha value is -1.96. The van der Waals surface area contributed by atoms with Crippen LogP contribution in [-0.4, -0.2) is 43.0 Å². The highest BCUT2D eigenvalue weighted by molar-refractivity contribution is 7.84. The molecule has 2 unspecified atom stereocenters. The van der Waals surface area contributed by atoms with Gasteiger partial charge in [0.25, 0.3) is 0 Å². The lowest BCUT2D eigenvalue weighted by molar-refractivity contribution is 0.415. The number of benzene rings is 1. The fourth-order valence-corrected chi connectivity index (χ4v) is 2.08. The first-order valence-electron chi connectivity index (χ1n) is 6.05. The van der Waals surface area contributed by atoms with Crippen LogP contribution in [0.5, 0.6) is 5.75 Å². The minimum Gasteiger partial charge on any atom is -0.497 e. The summed E-state index contributed by atoms with van der Waals surface area (Å²) in [4.78, 5) is 0. The lowest BCUT2D eigenvalue weighted by Crippen LogP contribution is -2.19. The summed E-state index contributed by atoms with van der Waals surface area (Å²) in [6.07, 6.45) is 1.66. The van der Waals surface area contributed by atoms with Crippen molar-refractivity contribution in [2.75, 3.05) is 19.1 Å². The fourth-order valence-electron chi connectivity index (χ4n) is 1.73.